The van der Waals surface area contributed by atoms with Crippen molar-refractivity contribution >= 4 is 0 Å². The lowest BCUT2D eigenvalue weighted by atomic mass is 9.97. The molecule has 0 saturated carbocycles. The van der Waals surface area contributed by atoms with Gasteiger partial charge in [-0.3, -0.25) is 4.98 Å². The maximum absolute atomic E-state index is 12.3. The minimum Gasteiger partial charge on any atom is -0.435 e. The second-order valence-corrected chi connectivity index (χ2v) is 4.40. The molecule has 0 bridgehead atoms. The average molecular weight is 278 g/mol. The first-order chi connectivity index (χ1) is 9.61. The quantitative estimate of drug-likeness (QED) is 0.911. The predicted molar refractivity (Wildman–Crippen MR) is 73.0 cm³/mol. The summed E-state index contributed by atoms with van der Waals surface area (Å²) in [5.74, 6) is 0.152. The van der Waals surface area contributed by atoms with Crippen LogP contribution in [0.5, 0.6) is 5.75 Å². The van der Waals surface area contributed by atoms with Crippen molar-refractivity contribution in [1.29, 1.82) is 0 Å². The summed E-state index contributed by atoms with van der Waals surface area (Å²) in [6.07, 6.45) is 3.50. The Labute approximate surface area is 116 Å². The van der Waals surface area contributed by atoms with Gasteiger partial charge in [-0.2, -0.15) is 8.78 Å². The first-order valence-corrected chi connectivity index (χ1v) is 6.24. The van der Waals surface area contributed by atoms with Crippen LogP contribution in [0.15, 0.2) is 42.7 Å². The van der Waals surface area contributed by atoms with E-state index >= 15 is 0 Å². The number of nitrogens with one attached hydrogen (secondary N) is 1. The van der Waals surface area contributed by atoms with Gasteiger partial charge in [0, 0.05) is 12.4 Å². The van der Waals surface area contributed by atoms with Gasteiger partial charge in [-0.25, -0.2) is 0 Å². The molecule has 2 rings (SSSR count). The Morgan fingerprint density at radius 2 is 2.05 bits per heavy atom. The highest BCUT2D eigenvalue weighted by atomic mass is 19.3. The molecule has 0 aliphatic rings. The number of nitrogens with zero attached hydrogens (tertiary/aromatic N) is 1. The molecule has 1 N–H and O–H groups in total. The van der Waals surface area contributed by atoms with E-state index in [2.05, 4.69) is 15.0 Å². The Morgan fingerprint density at radius 3 is 2.70 bits per heavy atom. The second kappa shape index (κ2) is 6.43. The highest BCUT2D eigenvalue weighted by Crippen LogP contribution is 2.27. The molecular formula is C15H16F2N2O. The second-order valence-electron chi connectivity index (χ2n) is 4.40. The molecule has 0 aliphatic carbocycles. The van der Waals surface area contributed by atoms with Gasteiger partial charge in [0.1, 0.15) is 5.75 Å². The van der Waals surface area contributed by atoms with E-state index in [9.17, 15) is 8.78 Å². The number of hydrogen-bond donors (Lipinski definition) is 1. The number of aryl methyl sites for hydroxylation is 1. The molecule has 106 valence electrons. The van der Waals surface area contributed by atoms with Crippen LogP contribution in [-0.4, -0.2) is 18.6 Å². The van der Waals surface area contributed by atoms with Crippen LogP contribution < -0.4 is 10.1 Å². The highest BCUT2D eigenvalue weighted by Gasteiger charge is 2.15. The van der Waals surface area contributed by atoms with Gasteiger partial charge in [0.2, 0.25) is 0 Å². The zero-order chi connectivity index (χ0) is 14.5. The molecule has 1 aromatic heterocycles. The lowest BCUT2D eigenvalue weighted by molar-refractivity contribution is -0.0498. The predicted octanol–water partition coefficient (Wildman–Crippen LogP) is 3.30. The molecule has 2 aromatic rings. The van der Waals surface area contributed by atoms with Crippen molar-refractivity contribution in [2.24, 2.45) is 0 Å². The SMILES string of the molecule is CNC(c1cccc(OC(F)F)c1)c1cnccc1C. The first kappa shape index (κ1) is 14.4. The molecule has 0 amide bonds. The Morgan fingerprint density at radius 1 is 1.25 bits per heavy atom. The summed E-state index contributed by atoms with van der Waals surface area (Å²) in [4.78, 5) is 4.12. The fraction of sp³-hybridized carbons (Fsp3) is 0.267. The van der Waals surface area contributed by atoms with Crippen molar-refractivity contribution in [2.45, 2.75) is 19.6 Å². The van der Waals surface area contributed by atoms with E-state index in [1.54, 1.807) is 24.5 Å². The van der Waals surface area contributed by atoms with Gasteiger partial charge in [-0.15, -0.1) is 0 Å². The lowest BCUT2D eigenvalue weighted by Crippen LogP contribution is -2.19. The summed E-state index contributed by atoms with van der Waals surface area (Å²) < 4.78 is 29.0. The van der Waals surface area contributed by atoms with E-state index in [0.717, 1.165) is 16.7 Å². The number of alkyl halides is 2. The Balaban J connectivity index is 2.35. The van der Waals surface area contributed by atoms with Crippen LogP contribution in [0.3, 0.4) is 0 Å². The van der Waals surface area contributed by atoms with E-state index in [1.165, 1.54) is 6.07 Å². The minimum absolute atomic E-state index is 0.120. The van der Waals surface area contributed by atoms with Gasteiger partial charge in [-0.05, 0) is 48.9 Å². The van der Waals surface area contributed by atoms with Crippen molar-refractivity contribution < 1.29 is 13.5 Å². The molecule has 0 spiro atoms. The van der Waals surface area contributed by atoms with E-state index in [1.807, 2.05) is 26.1 Å². The van der Waals surface area contributed by atoms with Gasteiger partial charge in [-0.1, -0.05) is 12.1 Å². The summed E-state index contributed by atoms with van der Waals surface area (Å²) in [5.41, 5.74) is 2.94. The number of ether oxygens (including phenoxy) is 1. The normalized spacial score (nSPS) is 12.4. The topological polar surface area (TPSA) is 34.1 Å². The summed E-state index contributed by atoms with van der Waals surface area (Å²) in [6.45, 7) is -0.834. The molecule has 1 atom stereocenters. The maximum Gasteiger partial charge on any atom is 0.387 e. The fourth-order valence-electron chi connectivity index (χ4n) is 2.15. The van der Waals surface area contributed by atoms with Crippen LogP contribution in [0.25, 0.3) is 0 Å². The van der Waals surface area contributed by atoms with Crippen LogP contribution >= 0.6 is 0 Å². The lowest BCUT2D eigenvalue weighted by Gasteiger charge is -2.19. The molecule has 3 nitrogen and oxygen atoms in total. The smallest absolute Gasteiger partial charge is 0.387 e. The number of rotatable bonds is 5. The summed E-state index contributed by atoms with van der Waals surface area (Å²) in [7, 11) is 1.82. The minimum atomic E-state index is -2.82. The molecule has 20 heavy (non-hydrogen) atoms. The third-order valence-electron chi connectivity index (χ3n) is 3.10. The van der Waals surface area contributed by atoms with Gasteiger partial charge < -0.3 is 10.1 Å². The molecule has 0 saturated heterocycles. The van der Waals surface area contributed by atoms with Gasteiger partial charge >= 0.3 is 6.61 Å². The number of benzene rings is 1. The van der Waals surface area contributed by atoms with Crippen molar-refractivity contribution in [2.75, 3.05) is 7.05 Å². The summed E-state index contributed by atoms with van der Waals surface area (Å²) >= 11 is 0. The van der Waals surface area contributed by atoms with E-state index in [4.69, 9.17) is 0 Å². The summed E-state index contributed by atoms with van der Waals surface area (Å²) in [6, 6.07) is 8.48. The number of halogens is 2. The molecule has 0 radical (unpaired) electrons. The van der Waals surface area contributed by atoms with E-state index in [-0.39, 0.29) is 11.8 Å². The van der Waals surface area contributed by atoms with Crippen molar-refractivity contribution in [3.63, 3.8) is 0 Å². The van der Waals surface area contributed by atoms with Gasteiger partial charge in [0.05, 0.1) is 6.04 Å². The van der Waals surface area contributed by atoms with Crippen LogP contribution in [0, 0.1) is 6.92 Å². The molecule has 5 heteroatoms. The van der Waals surface area contributed by atoms with Gasteiger partial charge in [0.25, 0.3) is 0 Å². The maximum atomic E-state index is 12.3. The molecule has 1 heterocycles. The molecule has 0 fully saturated rings. The van der Waals surface area contributed by atoms with Crippen LogP contribution in [0.4, 0.5) is 8.78 Å². The Bertz CT molecular complexity index is 575. The Hall–Kier alpha value is -2.01. The zero-order valence-electron chi connectivity index (χ0n) is 11.3. The largest absolute Gasteiger partial charge is 0.435 e. The van der Waals surface area contributed by atoms with Crippen molar-refractivity contribution in [1.82, 2.24) is 10.3 Å². The standard InChI is InChI=1S/C15H16F2N2O/c1-10-6-7-19-9-13(10)14(18-2)11-4-3-5-12(8-11)20-15(16)17/h3-9,14-15,18H,1-2H3. The highest BCUT2D eigenvalue weighted by molar-refractivity contribution is 5.38. The van der Waals surface area contributed by atoms with E-state index in [0.29, 0.717) is 0 Å². The molecule has 0 aliphatic heterocycles. The Kier molecular flexibility index (Phi) is 4.63. The molecule has 1 unspecified atom stereocenters. The number of hydrogen-bond acceptors (Lipinski definition) is 3. The monoisotopic (exact) mass is 278 g/mol. The summed E-state index contributed by atoms with van der Waals surface area (Å²) in [5, 5.41) is 3.17. The third-order valence-corrected chi connectivity index (χ3v) is 3.10. The van der Waals surface area contributed by atoms with Crippen molar-refractivity contribution in [3.8, 4) is 5.75 Å². The number of pyridine rings is 1. The fourth-order valence-corrected chi connectivity index (χ4v) is 2.15. The average Bonchev–Trinajstić information content (AvgIpc) is 2.41. The van der Waals surface area contributed by atoms with Crippen molar-refractivity contribution in [3.05, 3.63) is 59.4 Å². The van der Waals surface area contributed by atoms with Crippen LogP contribution in [0.1, 0.15) is 22.7 Å². The molecule has 1 aromatic carbocycles. The number of aromatic nitrogens is 1. The van der Waals surface area contributed by atoms with Crippen LogP contribution in [0.2, 0.25) is 0 Å². The van der Waals surface area contributed by atoms with E-state index < -0.39 is 6.61 Å². The zero-order valence-corrected chi connectivity index (χ0v) is 11.3. The third kappa shape index (κ3) is 3.30. The van der Waals surface area contributed by atoms with Crippen LogP contribution in [-0.2, 0) is 0 Å². The molecular weight excluding hydrogens is 262 g/mol. The van der Waals surface area contributed by atoms with Gasteiger partial charge in [0.15, 0.2) is 0 Å². The first-order valence-electron chi connectivity index (χ1n) is 6.24.